The fourth-order valence-electron chi connectivity index (χ4n) is 2.17. The zero-order valence-corrected chi connectivity index (χ0v) is 12.2. The molecule has 1 aliphatic rings. The van der Waals surface area contributed by atoms with Gasteiger partial charge in [0.05, 0.1) is 6.61 Å². The van der Waals surface area contributed by atoms with Gasteiger partial charge in [0.1, 0.15) is 5.75 Å². The molecule has 2 amide bonds. The molecular formula is C15H23N3O2. The molecule has 110 valence electrons. The summed E-state index contributed by atoms with van der Waals surface area (Å²) in [5, 5.41) is 6.15. The number of ether oxygens (including phenoxy) is 1. The fourth-order valence-corrected chi connectivity index (χ4v) is 2.17. The van der Waals surface area contributed by atoms with Crippen molar-refractivity contribution >= 4 is 6.03 Å². The molecule has 0 unspecified atom stereocenters. The number of carbonyl (C=O) groups is 1. The lowest BCUT2D eigenvalue weighted by Gasteiger charge is -2.12. The molecule has 1 aromatic rings. The van der Waals surface area contributed by atoms with Crippen LogP contribution in [0.2, 0.25) is 0 Å². The van der Waals surface area contributed by atoms with Gasteiger partial charge in [-0.15, -0.1) is 0 Å². The van der Waals surface area contributed by atoms with E-state index in [9.17, 15) is 4.79 Å². The van der Waals surface area contributed by atoms with Crippen molar-refractivity contribution in [3.8, 4) is 5.75 Å². The minimum absolute atomic E-state index is 0.0505. The third-order valence-electron chi connectivity index (χ3n) is 3.33. The molecule has 1 aliphatic heterocycles. The topological polar surface area (TPSA) is 53.6 Å². The predicted octanol–water partition coefficient (Wildman–Crippen LogP) is 1.02. The molecule has 2 rings (SSSR count). The number of hydrogen-bond donors (Lipinski definition) is 2. The molecule has 0 radical (unpaired) electrons. The Morgan fingerprint density at radius 2 is 2.15 bits per heavy atom. The molecule has 0 atom stereocenters. The van der Waals surface area contributed by atoms with E-state index in [-0.39, 0.29) is 6.03 Å². The van der Waals surface area contributed by atoms with Crippen LogP contribution in [0.15, 0.2) is 18.2 Å². The monoisotopic (exact) mass is 277 g/mol. The normalized spacial score (nSPS) is 12.7. The number of amides is 2. The smallest absolute Gasteiger partial charge is 0.316 e. The molecule has 0 aromatic heterocycles. The Labute approximate surface area is 120 Å². The van der Waals surface area contributed by atoms with Crippen LogP contribution in [0.1, 0.15) is 11.1 Å². The van der Waals surface area contributed by atoms with E-state index in [0.717, 1.165) is 38.3 Å². The number of urea groups is 1. The molecule has 0 spiro atoms. The van der Waals surface area contributed by atoms with Gasteiger partial charge in [-0.05, 0) is 30.2 Å². The second-order valence-electron chi connectivity index (χ2n) is 5.17. The number of nitrogens with zero attached hydrogens (tertiary/aromatic N) is 1. The van der Waals surface area contributed by atoms with Gasteiger partial charge in [-0.1, -0.05) is 12.1 Å². The summed E-state index contributed by atoms with van der Waals surface area (Å²) in [6.07, 6.45) is 2.02. The number of hydrogen-bond acceptors (Lipinski definition) is 3. The maximum atomic E-state index is 11.3. The highest BCUT2D eigenvalue weighted by Gasteiger charge is 2.11. The van der Waals surface area contributed by atoms with Crippen molar-refractivity contribution in [1.82, 2.24) is 15.5 Å². The average molecular weight is 277 g/mol. The quantitative estimate of drug-likeness (QED) is 0.764. The lowest BCUT2D eigenvalue weighted by atomic mass is 10.1. The Morgan fingerprint density at radius 3 is 2.95 bits per heavy atom. The van der Waals surface area contributed by atoms with E-state index in [4.69, 9.17) is 4.74 Å². The van der Waals surface area contributed by atoms with Gasteiger partial charge < -0.3 is 20.3 Å². The van der Waals surface area contributed by atoms with Gasteiger partial charge in [0, 0.05) is 33.6 Å². The van der Waals surface area contributed by atoms with Crippen LogP contribution in [-0.2, 0) is 12.8 Å². The highest BCUT2D eigenvalue weighted by Crippen LogP contribution is 2.25. The average Bonchev–Trinajstić information content (AvgIpc) is 2.89. The zero-order chi connectivity index (χ0) is 14.4. The molecule has 0 bridgehead atoms. The maximum Gasteiger partial charge on any atom is 0.316 e. The Kier molecular flexibility index (Phi) is 5.24. The Bertz CT molecular complexity index is 460. The summed E-state index contributed by atoms with van der Waals surface area (Å²) in [5.41, 5.74) is 2.65. The van der Waals surface area contributed by atoms with Crippen LogP contribution >= 0.6 is 0 Å². The summed E-state index contributed by atoms with van der Waals surface area (Å²) < 4.78 is 5.49. The molecule has 5 nitrogen and oxygen atoms in total. The van der Waals surface area contributed by atoms with Crippen molar-refractivity contribution in [2.75, 3.05) is 40.3 Å². The zero-order valence-electron chi connectivity index (χ0n) is 12.2. The molecule has 0 saturated carbocycles. The first-order valence-corrected chi connectivity index (χ1v) is 7.07. The first-order chi connectivity index (χ1) is 9.66. The molecule has 0 saturated heterocycles. The highest BCUT2D eigenvalue weighted by molar-refractivity contribution is 5.73. The predicted molar refractivity (Wildman–Crippen MR) is 79.3 cm³/mol. The Hall–Kier alpha value is -1.75. The molecule has 2 N–H and O–H groups in total. The number of rotatable bonds is 6. The summed E-state index contributed by atoms with van der Waals surface area (Å²) in [7, 11) is 3.47. The Balaban J connectivity index is 1.61. The minimum atomic E-state index is -0.0505. The summed E-state index contributed by atoms with van der Waals surface area (Å²) in [4.78, 5) is 12.8. The van der Waals surface area contributed by atoms with Gasteiger partial charge in [-0.2, -0.15) is 0 Å². The summed E-state index contributed by atoms with van der Waals surface area (Å²) in [6.45, 7) is 3.16. The minimum Gasteiger partial charge on any atom is -0.493 e. The second kappa shape index (κ2) is 7.14. The third kappa shape index (κ3) is 4.13. The van der Waals surface area contributed by atoms with Crippen LogP contribution in [0.3, 0.4) is 0 Å². The van der Waals surface area contributed by atoms with E-state index in [1.165, 1.54) is 16.0 Å². The molecule has 1 aromatic carbocycles. The van der Waals surface area contributed by atoms with Crippen LogP contribution in [-0.4, -0.2) is 51.3 Å². The summed E-state index contributed by atoms with van der Waals surface area (Å²) in [5.74, 6) is 1.04. The van der Waals surface area contributed by atoms with Crippen molar-refractivity contribution in [3.63, 3.8) is 0 Å². The van der Waals surface area contributed by atoms with E-state index >= 15 is 0 Å². The maximum absolute atomic E-state index is 11.3. The van der Waals surface area contributed by atoms with Gasteiger partial charge in [0.2, 0.25) is 0 Å². The van der Waals surface area contributed by atoms with Crippen molar-refractivity contribution < 1.29 is 9.53 Å². The summed E-state index contributed by atoms with van der Waals surface area (Å²) in [6, 6.07) is 6.37. The first kappa shape index (κ1) is 14.7. The number of fused-ring (bicyclic) bond motifs is 1. The summed E-state index contributed by atoms with van der Waals surface area (Å²) >= 11 is 0. The van der Waals surface area contributed by atoms with E-state index in [2.05, 4.69) is 28.8 Å². The van der Waals surface area contributed by atoms with Crippen LogP contribution in [0.4, 0.5) is 4.79 Å². The van der Waals surface area contributed by atoms with Crippen LogP contribution in [0.5, 0.6) is 5.75 Å². The lowest BCUT2D eigenvalue weighted by molar-refractivity contribution is 0.217. The number of nitrogens with one attached hydrogen (secondary N) is 2. The number of carbonyl (C=O) groups excluding carboxylic acids is 1. The molecule has 1 heterocycles. The lowest BCUT2D eigenvalue weighted by Crippen LogP contribution is -2.38. The van der Waals surface area contributed by atoms with E-state index < -0.39 is 0 Å². The third-order valence-corrected chi connectivity index (χ3v) is 3.33. The van der Waals surface area contributed by atoms with E-state index in [0.29, 0.717) is 6.54 Å². The van der Waals surface area contributed by atoms with Gasteiger partial charge in [0.25, 0.3) is 0 Å². The molecule has 5 heteroatoms. The van der Waals surface area contributed by atoms with Crippen LogP contribution in [0.25, 0.3) is 0 Å². The van der Waals surface area contributed by atoms with Crippen molar-refractivity contribution in [2.45, 2.75) is 12.8 Å². The first-order valence-electron chi connectivity index (χ1n) is 7.07. The fraction of sp³-hybridized carbons (Fsp3) is 0.533. The van der Waals surface area contributed by atoms with Crippen LogP contribution < -0.4 is 15.4 Å². The second-order valence-corrected chi connectivity index (χ2v) is 5.17. The van der Waals surface area contributed by atoms with Crippen LogP contribution in [0, 0.1) is 0 Å². The SMILES string of the molecule is CN(C)C(=O)NCCNCCc1ccc2c(c1)CCO2. The molecule has 0 aliphatic carbocycles. The molecule has 0 fully saturated rings. The van der Waals surface area contributed by atoms with Gasteiger partial charge in [-0.25, -0.2) is 4.79 Å². The number of benzene rings is 1. The van der Waals surface area contributed by atoms with Crippen molar-refractivity contribution in [1.29, 1.82) is 0 Å². The molecule has 20 heavy (non-hydrogen) atoms. The van der Waals surface area contributed by atoms with E-state index in [1.54, 1.807) is 14.1 Å². The molecular weight excluding hydrogens is 254 g/mol. The Morgan fingerprint density at radius 1 is 1.30 bits per heavy atom. The van der Waals surface area contributed by atoms with Gasteiger partial charge in [-0.3, -0.25) is 0 Å². The standard InChI is InChI=1S/C15H23N3O2/c1-18(2)15(19)17-9-8-16-7-5-12-3-4-14-13(11-12)6-10-20-14/h3-4,11,16H,5-10H2,1-2H3,(H,17,19). The van der Waals surface area contributed by atoms with Gasteiger partial charge >= 0.3 is 6.03 Å². The highest BCUT2D eigenvalue weighted by atomic mass is 16.5. The van der Waals surface area contributed by atoms with Crippen molar-refractivity contribution in [2.24, 2.45) is 0 Å². The van der Waals surface area contributed by atoms with Gasteiger partial charge in [0.15, 0.2) is 0 Å². The van der Waals surface area contributed by atoms with E-state index in [1.807, 2.05) is 0 Å². The largest absolute Gasteiger partial charge is 0.493 e. The van der Waals surface area contributed by atoms with Crippen molar-refractivity contribution in [3.05, 3.63) is 29.3 Å².